The topological polar surface area (TPSA) is 90.5 Å². The van der Waals surface area contributed by atoms with Crippen LogP contribution >= 0.6 is 0 Å². The van der Waals surface area contributed by atoms with E-state index in [2.05, 4.69) is 32.7 Å². The third-order valence-corrected chi connectivity index (χ3v) is 6.83. The van der Waals surface area contributed by atoms with Gasteiger partial charge in [-0.2, -0.15) is 0 Å². The molecule has 0 spiro atoms. The second kappa shape index (κ2) is 8.18. The minimum atomic E-state index is -3.11. The first-order chi connectivity index (χ1) is 13.5. The van der Waals surface area contributed by atoms with Crippen molar-refractivity contribution >= 4 is 32.6 Å². The Labute approximate surface area is 166 Å². The fourth-order valence-corrected chi connectivity index (χ4v) is 4.84. The van der Waals surface area contributed by atoms with Gasteiger partial charge in [0.25, 0.3) is 0 Å². The molecular weight excluding hydrogens is 376 g/mol. The van der Waals surface area contributed by atoms with E-state index in [1.807, 2.05) is 12.3 Å². The molecule has 1 aromatic carbocycles. The Morgan fingerprint density at radius 3 is 2.75 bits per heavy atom. The smallest absolute Gasteiger partial charge is 0.223 e. The van der Waals surface area contributed by atoms with E-state index in [1.54, 1.807) is 0 Å². The number of benzene rings is 1. The van der Waals surface area contributed by atoms with Crippen LogP contribution in [-0.4, -0.2) is 74.3 Å². The molecular formula is C19H28N6O2S. The zero-order chi connectivity index (χ0) is 19.6. The Morgan fingerprint density at radius 1 is 1.14 bits per heavy atom. The van der Waals surface area contributed by atoms with E-state index in [1.165, 1.54) is 10.6 Å². The number of para-hydroxylation sites is 1. The molecule has 0 atom stereocenters. The van der Waals surface area contributed by atoms with Crippen molar-refractivity contribution < 1.29 is 8.42 Å². The molecule has 1 aromatic heterocycles. The van der Waals surface area contributed by atoms with E-state index in [9.17, 15) is 8.42 Å². The molecule has 8 nitrogen and oxygen atoms in total. The van der Waals surface area contributed by atoms with E-state index in [-0.39, 0.29) is 6.04 Å². The number of hydrogen-bond donors (Lipinski definition) is 2. The lowest BCUT2D eigenvalue weighted by atomic mass is 10.1. The number of anilines is 2. The van der Waals surface area contributed by atoms with Crippen LogP contribution in [0.25, 0.3) is 10.9 Å². The van der Waals surface area contributed by atoms with Gasteiger partial charge in [0.05, 0.1) is 17.5 Å². The molecule has 0 radical (unpaired) electrons. The normalized spacial score (nSPS) is 20.2. The van der Waals surface area contributed by atoms with Crippen LogP contribution < -0.4 is 15.5 Å². The highest BCUT2D eigenvalue weighted by Gasteiger charge is 2.25. The summed E-state index contributed by atoms with van der Waals surface area (Å²) in [6.07, 6.45) is 5.77. The maximum Gasteiger partial charge on any atom is 0.223 e. The van der Waals surface area contributed by atoms with Crippen LogP contribution in [0.1, 0.15) is 19.3 Å². The van der Waals surface area contributed by atoms with E-state index in [0.717, 1.165) is 62.0 Å². The van der Waals surface area contributed by atoms with Crippen LogP contribution in [-0.2, 0) is 10.0 Å². The zero-order valence-electron chi connectivity index (χ0n) is 16.3. The van der Waals surface area contributed by atoms with Crippen molar-refractivity contribution in [3.05, 3.63) is 24.4 Å². The molecule has 0 amide bonds. The molecule has 152 valence electrons. The van der Waals surface area contributed by atoms with Crippen LogP contribution in [0.4, 0.5) is 11.6 Å². The summed E-state index contributed by atoms with van der Waals surface area (Å²) in [7, 11) is -3.11. The van der Waals surface area contributed by atoms with Crippen molar-refractivity contribution in [3.8, 4) is 0 Å². The van der Waals surface area contributed by atoms with Gasteiger partial charge in [-0.25, -0.2) is 22.7 Å². The molecule has 2 aromatic rings. The van der Waals surface area contributed by atoms with Crippen molar-refractivity contribution in [2.24, 2.45) is 0 Å². The number of aromatic nitrogens is 2. The maximum absolute atomic E-state index is 11.7. The Bertz CT molecular complexity index is 919. The first kappa shape index (κ1) is 19.4. The summed E-state index contributed by atoms with van der Waals surface area (Å²) in [4.78, 5) is 11.7. The lowest BCUT2D eigenvalue weighted by molar-refractivity contribution is 0.331. The maximum atomic E-state index is 11.7. The Kier molecular flexibility index (Phi) is 5.65. The van der Waals surface area contributed by atoms with Gasteiger partial charge in [-0.15, -0.1) is 0 Å². The Morgan fingerprint density at radius 2 is 1.96 bits per heavy atom. The fourth-order valence-electron chi connectivity index (χ4n) is 3.97. The van der Waals surface area contributed by atoms with Gasteiger partial charge in [0.2, 0.25) is 16.0 Å². The third-order valence-electron chi connectivity index (χ3n) is 5.53. The molecule has 2 aliphatic rings. The quantitative estimate of drug-likeness (QED) is 0.793. The highest BCUT2D eigenvalue weighted by atomic mass is 32.2. The molecule has 4 rings (SSSR count). The van der Waals surface area contributed by atoms with Crippen LogP contribution in [0.3, 0.4) is 0 Å². The number of nitrogens with zero attached hydrogens (tertiary/aromatic N) is 4. The predicted molar refractivity (Wildman–Crippen MR) is 112 cm³/mol. The summed E-state index contributed by atoms with van der Waals surface area (Å²) >= 11 is 0. The fraction of sp³-hybridized carbons (Fsp3) is 0.579. The van der Waals surface area contributed by atoms with Gasteiger partial charge in [0.1, 0.15) is 0 Å². The molecule has 0 aliphatic carbocycles. The number of nitrogens with one attached hydrogen (secondary N) is 2. The lowest BCUT2D eigenvalue weighted by Crippen LogP contribution is -2.42. The van der Waals surface area contributed by atoms with Crippen molar-refractivity contribution in [3.63, 3.8) is 0 Å². The summed E-state index contributed by atoms with van der Waals surface area (Å²) in [5, 5.41) is 7.89. The zero-order valence-corrected chi connectivity index (χ0v) is 17.1. The van der Waals surface area contributed by atoms with Crippen LogP contribution in [0.5, 0.6) is 0 Å². The molecule has 2 aliphatic heterocycles. The number of piperidine rings is 1. The van der Waals surface area contributed by atoms with Gasteiger partial charge in [0, 0.05) is 50.3 Å². The molecule has 28 heavy (non-hydrogen) atoms. The Balaban J connectivity index is 1.52. The molecule has 0 unspecified atom stereocenters. The number of fused-ring (bicyclic) bond motifs is 1. The van der Waals surface area contributed by atoms with Gasteiger partial charge >= 0.3 is 0 Å². The molecule has 2 fully saturated rings. The number of hydrogen-bond acceptors (Lipinski definition) is 7. The highest BCUT2D eigenvalue weighted by molar-refractivity contribution is 7.88. The number of rotatable bonds is 4. The molecule has 2 N–H and O–H groups in total. The summed E-state index contributed by atoms with van der Waals surface area (Å²) in [6.45, 7) is 5.09. The van der Waals surface area contributed by atoms with Crippen molar-refractivity contribution in [2.75, 3.05) is 55.7 Å². The largest absolute Gasteiger partial charge is 0.368 e. The van der Waals surface area contributed by atoms with Crippen LogP contribution in [0.2, 0.25) is 0 Å². The van der Waals surface area contributed by atoms with Gasteiger partial charge in [-0.05, 0) is 31.9 Å². The van der Waals surface area contributed by atoms with Crippen LogP contribution in [0.15, 0.2) is 24.4 Å². The molecule has 2 saturated heterocycles. The minimum absolute atomic E-state index is 0.185. The van der Waals surface area contributed by atoms with E-state index in [0.29, 0.717) is 19.0 Å². The first-order valence-electron chi connectivity index (χ1n) is 9.94. The van der Waals surface area contributed by atoms with E-state index in [4.69, 9.17) is 4.98 Å². The second-order valence-corrected chi connectivity index (χ2v) is 9.56. The lowest BCUT2D eigenvalue weighted by Gasteiger charge is -2.30. The van der Waals surface area contributed by atoms with Crippen molar-refractivity contribution in [1.29, 1.82) is 0 Å². The second-order valence-electron chi connectivity index (χ2n) is 7.58. The van der Waals surface area contributed by atoms with Crippen LogP contribution in [0, 0.1) is 0 Å². The summed E-state index contributed by atoms with van der Waals surface area (Å²) in [6, 6.07) is 6.43. The predicted octanol–water partition coefficient (Wildman–Crippen LogP) is 1.27. The summed E-state index contributed by atoms with van der Waals surface area (Å²) in [5.74, 6) is 0.616. The monoisotopic (exact) mass is 404 g/mol. The molecule has 0 bridgehead atoms. The third kappa shape index (κ3) is 4.37. The Hall–Kier alpha value is -1.97. The summed E-state index contributed by atoms with van der Waals surface area (Å²) < 4.78 is 24.9. The number of sulfonamides is 1. The van der Waals surface area contributed by atoms with Gasteiger partial charge < -0.3 is 15.5 Å². The average Bonchev–Trinajstić information content (AvgIpc) is 2.97. The van der Waals surface area contributed by atoms with Crippen molar-refractivity contribution in [1.82, 2.24) is 19.6 Å². The van der Waals surface area contributed by atoms with E-state index < -0.39 is 10.0 Å². The average molecular weight is 405 g/mol. The first-order valence-corrected chi connectivity index (χ1v) is 11.8. The van der Waals surface area contributed by atoms with Crippen molar-refractivity contribution in [2.45, 2.75) is 25.3 Å². The molecule has 9 heteroatoms. The highest BCUT2D eigenvalue weighted by Crippen LogP contribution is 2.26. The van der Waals surface area contributed by atoms with Gasteiger partial charge in [0.15, 0.2) is 0 Å². The summed E-state index contributed by atoms with van der Waals surface area (Å²) in [5.41, 5.74) is 2.12. The van der Waals surface area contributed by atoms with E-state index >= 15 is 0 Å². The molecule has 3 heterocycles. The molecule has 0 saturated carbocycles. The van der Waals surface area contributed by atoms with Gasteiger partial charge in [-0.1, -0.05) is 12.1 Å². The minimum Gasteiger partial charge on any atom is -0.368 e. The standard InChI is InChI=1S/C19H28N6O2S/c1-28(26,27)25-11-6-16(7-12-25)22-19-21-14-15-4-2-5-17(18(15)23-19)24-10-3-8-20-9-13-24/h2,4-5,14,16,20H,3,6-13H2,1H3,(H,21,22,23). The SMILES string of the molecule is CS(=O)(=O)N1CCC(Nc2ncc3cccc(N4CCCNCC4)c3n2)CC1. The van der Waals surface area contributed by atoms with Gasteiger partial charge in [-0.3, -0.25) is 0 Å².